The average Bonchev–Trinajstić information content (AvgIpc) is 3.48. The number of hydrogen-bond donors (Lipinski definition) is 2. The van der Waals surface area contributed by atoms with Crippen LogP contribution in [0.3, 0.4) is 0 Å². The van der Waals surface area contributed by atoms with Gasteiger partial charge in [0.15, 0.2) is 5.13 Å². The summed E-state index contributed by atoms with van der Waals surface area (Å²) >= 11 is 1.17. The minimum Gasteiger partial charge on any atom is -0.434 e. The number of thiazole rings is 1. The van der Waals surface area contributed by atoms with Gasteiger partial charge < -0.3 is 10.1 Å². The van der Waals surface area contributed by atoms with Gasteiger partial charge in [-0.25, -0.2) is 4.98 Å². The maximum Gasteiger partial charge on any atom is 0.387 e. The fourth-order valence-electron chi connectivity index (χ4n) is 2.80. The number of ether oxygens (including phenoxy) is 1. The highest BCUT2D eigenvalue weighted by atomic mass is 32.1. The van der Waals surface area contributed by atoms with Crippen molar-refractivity contribution < 1.29 is 23.1 Å². The van der Waals surface area contributed by atoms with E-state index in [1.54, 1.807) is 47.8 Å². The molecule has 0 bridgehead atoms. The third-order valence-corrected chi connectivity index (χ3v) is 5.22. The molecule has 0 unspecified atom stereocenters. The standard InChI is InChI=1S/C21H17F2N3O3S/c22-20(23)29-17-4-2-1-3-15(17)16-11-30-21(25-16)26-19(28)13-7-9-14(10-8-13)24-18(27)12-5-6-12/h1-4,7-12,20H,5-6H2,(H,24,27)(H,25,26,28). The van der Waals surface area contributed by atoms with Crippen molar-refractivity contribution in [1.82, 2.24) is 4.98 Å². The van der Waals surface area contributed by atoms with Crippen LogP contribution in [0.5, 0.6) is 5.75 Å². The van der Waals surface area contributed by atoms with Gasteiger partial charge in [0.05, 0.1) is 5.69 Å². The number of nitrogens with one attached hydrogen (secondary N) is 2. The van der Waals surface area contributed by atoms with Crippen LogP contribution >= 0.6 is 11.3 Å². The minimum absolute atomic E-state index is 0.00128. The fraction of sp³-hybridized carbons (Fsp3) is 0.190. The van der Waals surface area contributed by atoms with Crippen LogP contribution in [0, 0.1) is 5.92 Å². The summed E-state index contributed by atoms with van der Waals surface area (Å²) in [5.41, 5.74) is 1.86. The first kappa shape index (κ1) is 20.0. The predicted molar refractivity (Wildman–Crippen MR) is 110 cm³/mol. The SMILES string of the molecule is O=C(Nc1nc(-c2ccccc2OC(F)F)cs1)c1ccc(NC(=O)C2CC2)cc1. The molecule has 1 saturated carbocycles. The predicted octanol–water partition coefficient (Wildman–Crippen LogP) is 5.01. The number of rotatable bonds is 7. The monoisotopic (exact) mass is 429 g/mol. The molecule has 0 radical (unpaired) electrons. The normalized spacial score (nSPS) is 13.2. The molecule has 4 rings (SSSR count). The van der Waals surface area contributed by atoms with E-state index in [1.165, 1.54) is 17.4 Å². The first-order valence-corrected chi connectivity index (χ1v) is 10.1. The van der Waals surface area contributed by atoms with Crippen LogP contribution in [0.2, 0.25) is 0 Å². The van der Waals surface area contributed by atoms with Crippen molar-refractivity contribution in [2.24, 2.45) is 5.92 Å². The molecule has 0 aliphatic heterocycles. The van der Waals surface area contributed by atoms with E-state index in [4.69, 9.17) is 0 Å². The van der Waals surface area contributed by atoms with Crippen LogP contribution in [0.15, 0.2) is 53.9 Å². The van der Waals surface area contributed by atoms with Crippen LogP contribution in [0.4, 0.5) is 19.6 Å². The lowest BCUT2D eigenvalue weighted by atomic mass is 10.1. The highest BCUT2D eigenvalue weighted by Gasteiger charge is 2.29. The van der Waals surface area contributed by atoms with E-state index in [0.29, 0.717) is 27.6 Å². The van der Waals surface area contributed by atoms with Crippen LogP contribution in [-0.2, 0) is 4.79 Å². The molecule has 0 saturated heterocycles. The number of alkyl halides is 2. The van der Waals surface area contributed by atoms with E-state index in [2.05, 4.69) is 20.4 Å². The maximum atomic E-state index is 12.6. The summed E-state index contributed by atoms with van der Waals surface area (Å²) in [5, 5.41) is 7.48. The van der Waals surface area contributed by atoms with Gasteiger partial charge in [0.25, 0.3) is 5.91 Å². The summed E-state index contributed by atoms with van der Waals surface area (Å²) in [5.74, 6) is -0.255. The molecule has 2 N–H and O–H groups in total. The van der Waals surface area contributed by atoms with E-state index in [0.717, 1.165) is 12.8 Å². The van der Waals surface area contributed by atoms with Crippen LogP contribution in [0.1, 0.15) is 23.2 Å². The fourth-order valence-corrected chi connectivity index (χ4v) is 3.50. The van der Waals surface area contributed by atoms with Gasteiger partial charge in [-0.15, -0.1) is 11.3 Å². The molecule has 30 heavy (non-hydrogen) atoms. The van der Waals surface area contributed by atoms with Gasteiger partial charge >= 0.3 is 6.61 Å². The molecule has 0 spiro atoms. The number of para-hydroxylation sites is 1. The maximum absolute atomic E-state index is 12.6. The molecule has 2 amide bonds. The van der Waals surface area contributed by atoms with Crippen LogP contribution in [0.25, 0.3) is 11.3 Å². The Balaban J connectivity index is 1.42. The van der Waals surface area contributed by atoms with E-state index < -0.39 is 6.61 Å². The third kappa shape index (κ3) is 4.80. The Kier molecular flexibility index (Phi) is 5.71. The molecule has 0 atom stereocenters. The van der Waals surface area contributed by atoms with Crippen molar-refractivity contribution in [1.29, 1.82) is 0 Å². The van der Waals surface area contributed by atoms with Gasteiger partial charge in [-0.2, -0.15) is 8.78 Å². The number of anilines is 2. The van der Waals surface area contributed by atoms with Gasteiger partial charge in [0.2, 0.25) is 5.91 Å². The van der Waals surface area contributed by atoms with Crippen molar-refractivity contribution >= 4 is 34.0 Å². The van der Waals surface area contributed by atoms with E-state index in [-0.39, 0.29) is 23.5 Å². The van der Waals surface area contributed by atoms with E-state index in [9.17, 15) is 18.4 Å². The largest absolute Gasteiger partial charge is 0.434 e. The topological polar surface area (TPSA) is 80.3 Å². The first-order chi connectivity index (χ1) is 14.5. The highest BCUT2D eigenvalue weighted by Crippen LogP contribution is 2.33. The number of benzene rings is 2. The molecule has 1 fully saturated rings. The molecule has 154 valence electrons. The third-order valence-electron chi connectivity index (χ3n) is 4.47. The molecular formula is C21H17F2N3O3S. The number of aromatic nitrogens is 1. The number of halogens is 2. The first-order valence-electron chi connectivity index (χ1n) is 9.21. The van der Waals surface area contributed by atoms with Crippen molar-refractivity contribution in [2.45, 2.75) is 19.5 Å². The summed E-state index contributed by atoms with van der Waals surface area (Å²) in [4.78, 5) is 28.6. The van der Waals surface area contributed by atoms with Gasteiger partial charge in [-0.3, -0.25) is 14.9 Å². The summed E-state index contributed by atoms with van der Waals surface area (Å²) < 4.78 is 29.7. The zero-order valence-electron chi connectivity index (χ0n) is 15.6. The summed E-state index contributed by atoms with van der Waals surface area (Å²) in [6.45, 7) is -2.94. The zero-order valence-corrected chi connectivity index (χ0v) is 16.4. The summed E-state index contributed by atoms with van der Waals surface area (Å²) in [6.07, 6.45) is 1.84. The summed E-state index contributed by atoms with van der Waals surface area (Å²) in [6, 6.07) is 12.9. The number of carbonyl (C=O) groups is 2. The number of carbonyl (C=O) groups excluding carboxylic acids is 2. The zero-order chi connectivity index (χ0) is 21.1. The molecule has 3 aromatic rings. The molecule has 1 aliphatic rings. The second-order valence-electron chi connectivity index (χ2n) is 6.71. The van der Waals surface area contributed by atoms with Gasteiger partial charge in [0, 0.05) is 28.1 Å². The molecule has 6 nitrogen and oxygen atoms in total. The molecular weight excluding hydrogens is 412 g/mol. The van der Waals surface area contributed by atoms with Gasteiger partial charge in [0.1, 0.15) is 5.75 Å². The van der Waals surface area contributed by atoms with Crippen molar-refractivity contribution in [3.8, 4) is 17.0 Å². The minimum atomic E-state index is -2.94. The second-order valence-corrected chi connectivity index (χ2v) is 7.57. The number of nitrogens with zero attached hydrogens (tertiary/aromatic N) is 1. The van der Waals surface area contributed by atoms with Crippen molar-refractivity contribution in [3.63, 3.8) is 0 Å². The Morgan fingerprint density at radius 2 is 1.80 bits per heavy atom. The lowest BCUT2D eigenvalue weighted by Crippen LogP contribution is -2.14. The van der Waals surface area contributed by atoms with E-state index in [1.807, 2.05) is 0 Å². The lowest BCUT2D eigenvalue weighted by molar-refractivity contribution is -0.117. The Hall–Kier alpha value is -3.33. The molecule has 2 aromatic carbocycles. The van der Waals surface area contributed by atoms with Crippen molar-refractivity contribution in [3.05, 3.63) is 59.5 Å². The second kappa shape index (κ2) is 8.58. The van der Waals surface area contributed by atoms with E-state index >= 15 is 0 Å². The van der Waals surface area contributed by atoms with Gasteiger partial charge in [-0.05, 0) is 49.2 Å². The lowest BCUT2D eigenvalue weighted by Gasteiger charge is -2.08. The van der Waals surface area contributed by atoms with Gasteiger partial charge in [-0.1, -0.05) is 12.1 Å². The molecule has 1 aromatic heterocycles. The Bertz CT molecular complexity index is 1070. The van der Waals surface area contributed by atoms with Crippen molar-refractivity contribution in [2.75, 3.05) is 10.6 Å². The average molecular weight is 429 g/mol. The number of amides is 2. The Morgan fingerprint density at radius 1 is 1.07 bits per heavy atom. The molecule has 1 aliphatic carbocycles. The van der Waals surface area contributed by atoms with Crippen LogP contribution < -0.4 is 15.4 Å². The molecule has 9 heteroatoms. The number of hydrogen-bond acceptors (Lipinski definition) is 5. The smallest absolute Gasteiger partial charge is 0.387 e. The summed E-state index contributed by atoms with van der Waals surface area (Å²) in [7, 11) is 0. The Labute approximate surface area is 174 Å². The van der Waals surface area contributed by atoms with Crippen LogP contribution in [-0.4, -0.2) is 23.4 Å². The quantitative estimate of drug-likeness (QED) is 0.553. The highest BCUT2D eigenvalue weighted by molar-refractivity contribution is 7.14. The molecule has 1 heterocycles. The Morgan fingerprint density at radius 3 is 2.50 bits per heavy atom.